The maximum absolute atomic E-state index is 12.9. The summed E-state index contributed by atoms with van der Waals surface area (Å²) in [5.74, 6) is -1.90. The van der Waals surface area contributed by atoms with Gasteiger partial charge in [0, 0.05) is 50.7 Å². The molecule has 0 bridgehead atoms. The van der Waals surface area contributed by atoms with Gasteiger partial charge in [0.1, 0.15) is 6.61 Å². The molecule has 270 valence electrons. The smallest absolute Gasteiger partial charge is 0.303 e. The number of amides is 3. The molecule has 1 aliphatic carbocycles. The zero-order valence-electron chi connectivity index (χ0n) is 30.1. The average molecular weight is 664 g/mol. The summed E-state index contributed by atoms with van der Waals surface area (Å²) >= 11 is 0. The Morgan fingerprint density at radius 1 is 0.723 bits per heavy atom. The van der Waals surface area contributed by atoms with Gasteiger partial charge in [-0.25, -0.2) is 0 Å². The molecule has 10 heteroatoms. The second kappa shape index (κ2) is 25.2. The largest absolute Gasteiger partial charge is 0.465 e. The van der Waals surface area contributed by atoms with E-state index in [1.165, 1.54) is 71.6 Å². The van der Waals surface area contributed by atoms with Crippen LogP contribution >= 0.6 is 0 Å². The minimum absolute atomic E-state index is 0.0360. The Hall–Kier alpha value is -2.91. The van der Waals surface area contributed by atoms with Crippen LogP contribution in [-0.4, -0.2) is 61.0 Å². The Morgan fingerprint density at radius 2 is 1.23 bits per heavy atom. The Morgan fingerprint density at radius 3 is 1.77 bits per heavy atom. The fourth-order valence-electron chi connectivity index (χ4n) is 5.88. The standard InChI is InChI=1S/C37H65N3O7/c1-6-7-8-9-10-11-12-13-14-15-16-17-18-19-20-25-33(43)39-31-23-21-22-24-32(31)40-34(44)26-27-38-36(45)35(47-30(3)42)37(4,5)28-46-29(2)41/h13-14,31-32,35H,6-12,15-28H2,1-5H3,(H,38,45)(H,39,43)(H,40,44). The van der Waals surface area contributed by atoms with Crippen molar-refractivity contribution in [1.82, 2.24) is 16.0 Å². The second-order valence-electron chi connectivity index (χ2n) is 13.8. The van der Waals surface area contributed by atoms with Crippen LogP contribution in [0.15, 0.2) is 12.2 Å². The minimum Gasteiger partial charge on any atom is -0.465 e. The second-order valence-corrected chi connectivity index (χ2v) is 13.8. The molecule has 0 aromatic rings. The highest BCUT2D eigenvalue weighted by atomic mass is 16.6. The van der Waals surface area contributed by atoms with Crippen molar-refractivity contribution in [3.8, 4) is 0 Å². The van der Waals surface area contributed by atoms with Gasteiger partial charge in [0.25, 0.3) is 5.91 Å². The van der Waals surface area contributed by atoms with E-state index in [0.717, 1.165) is 51.4 Å². The normalized spacial score (nSPS) is 17.1. The highest BCUT2D eigenvalue weighted by Crippen LogP contribution is 2.25. The monoisotopic (exact) mass is 663 g/mol. The van der Waals surface area contributed by atoms with E-state index in [0.29, 0.717) is 6.42 Å². The number of rotatable bonds is 25. The van der Waals surface area contributed by atoms with Crippen molar-refractivity contribution in [2.24, 2.45) is 5.41 Å². The molecule has 0 saturated heterocycles. The highest BCUT2D eigenvalue weighted by Gasteiger charge is 2.39. The van der Waals surface area contributed by atoms with E-state index in [-0.39, 0.29) is 43.5 Å². The molecule has 0 spiro atoms. The first-order valence-electron chi connectivity index (χ1n) is 18.3. The first-order valence-corrected chi connectivity index (χ1v) is 18.3. The van der Waals surface area contributed by atoms with Crippen LogP contribution < -0.4 is 16.0 Å². The van der Waals surface area contributed by atoms with Gasteiger partial charge in [0.15, 0.2) is 6.10 Å². The van der Waals surface area contributed by atoms with Crippen LogP contribution in [0.3, 0.4) is 0 Å². The number of unbranched alkanes of at least 4 members (excludes halogenated alkanes) is 11. The lowest BCUT2D eigenvalue weighted by Crippen LogP contribution is -2.53. The van der Waals surface area contributed by atoms with E-state index in [1.54, 1.807) is 13.8 Å². The zero-order chi connectivity index (χ0) is 34.9. The summed E-state index contributed by atoms with van der Waals surface area (Å²) in [6, 6.07) is -0.255. The first-order chi connectivity index (χ1) is 22.5. The van der Waals surface area contributed by atoms with Gasteiger partial charge in [-0.1, -0.05) is 97.1 Å². The lowest BCUT2D eigenvalue weighted by molar-refractivity contribution is -0.166. The number of ether oxygens (including phenoxy) is 2. The first kappa shape index (κ1) is 42.1. The molecule has 3 unspecified atom stereocenters. The van der Waals surface area contributed by atoms with Crippen molar-refractivity contribution in [3.63, 3.8) is 0 Å². The number of carbonyl (C=O) groups is 5. The fourth-order valence-corrected chi connectivity index (χ4v) is 5.88. The summed E-state index contributed by atoms with van der Waals surface area (Å²) < 4.78 is 10.3. The molecule has 0 aromatic carbocycles. The maximum Gasteiger partial charge on any atom is 0.303 e. The molecule has 0 aromatic heterocycles. The van der Waals surface area contributed by atoms with Crippen LogP contribution in [0.5, 0.6) is 0 Å². The summed E-state index contributed by atoms with van der Waals surface area (Å²) in [6.45, 7) is 7.97. The lowest BCUT2D eigenvalue weighted by Gasteiger charge is -2.33. The molecule has 3 atom stereocenters. The molecule has 1 saturated carbocycles. The van der Waals surface area contributed by atoms with Crippen molar-refractivity contribution in [1.29, 1.82) is 0 Å². The Balaban J connectivity index is 2.30. The van der Waals surface area contributed by atoms with Crippen molar-refractivity contribution < 1.29 is 33.4 Å². The Labute approximate surface area is 284 Å². The van der Waals surface area contributed by atoms with Crippen molar-refractivity contribution in [3.05, 3.63) is 12.2 Å². The number of hydrogen-bond acceptors (Lipinski definition) is 7. The van der Waals surface area contributed by atoms with Crippen molar-refractivity contribution >= 4 is 29.7 Å². The summed E-state index contributed by atoms with van der Waals surface area (Å²) in [4.78, 5) is 61.2. The summed E-state index contributed by atoms with van der Waals surface area (Å²) in [5.41, 5.74) is -0.971. The van der Waals surface area contributed by atoms with E-state index in [1.807, 2.05) is 0 Å². The topological polar surface area (TPSA) is 140 Å². The van der Waals surface area contributed by atoms with E-state index in [2.05, 4.69) is 35.0 Å². The summed E-state index contributed by atoms with van der Waals surface area (Å²) in [5, 5.41) is 8.86. The third kappa shape index (κ3) is 20.8. The summed E-state index contributed by atoms with van der Waals surface area (Å²) in [7, 11) is 0. The predicted molar refractivity (Wildman–Crippen MR) is 185 cm³/mol. The van der Waals surface area contributed by atoms with Gasteiger partial charge in [-0.2, -0.15) is 0 Å². The molecule has 0 heterocycles. The van der Waals surface area contributed by atoms with Crippen molar-refractivity contribution in [2.45, 2.75) is 175 Å². The number of allylic oxidation sites excluding steroid dienone is 2. The van der Waals surface area contributed by atoms with E-state index < -0.39 is 29.4 Å². The predicted octanol–water partition coefficient (Wildman–Crippen LogP) is 6.59. The van der Waals surface area contributed by atoms with Crippen LogP contribution in [0.25, 0.3) is 0 Å². The molecule has 0 aliphatic heterocycles. The van der Waals surface area contributed by atoms with E-state index >= 15 is 0 Å². The number of carbonyl (C=O) groups excluding carboxylic acids is 5. The fraction of sp³-hybridized carbons (Fsp3) is 0.811. The van der Waals surface area contributed by atoms with E-state index in [9.17, 15) is 24.0 Å². The van der Waals surface area contributed by atoms with E-state index in [4.69, 9.17) is 9.47 Å². The number of hydrogen-bond donors (Lipinski definition) is 3. The van der Waals surface area contributed by atoms with Crippen LogP contribution in [-0.2, 0) is 33.4 Å². The maximum atomic E-state index is 12.9. The van der Waals surface area contributed by atoms with Gasteiger partial charge in [-0.05, 0) is 44.9 Å². The van der Waals surface area contributed by atoms with Gasteiger partial charge >= 0.3 is 11.9 Å². The average Bonchev–Trinajstić information content (AvgIpc) is 3.01. The van der Waals surface area contributed by atoms with Crippen LogP contribution in [0, 0.1) is 5.41 Å². The van der Waals surface area contributed by atoms with Crippen LogP contribution in [0.4, 0.5) is 0 Å². The highest BCUT2D eigenvalue weighted by molar-refractivity contribution is 5.85. The third-order valence-electron chi connectivity index (χ3n) is 8.65. The molecular formula is C37H65N3O7. The molecular weight excluding hydrogens is 598 g/mol. The summed E-state index contributed by atoms with van der Waals surface area (Å²) in [6.07, 6.45) is 23.4. The molecule has 1 fully saturated rings. The Bertz CT molecular complexity index is 966. The number of nitrogens with one attached hydrogen (secondary N) is 3. The van der Waals surface area contributed by atoms with Gasteiger partial charge < -0.3 is 25.4 Å². The van der Waals surface area contributed by atoms with Gasteiger partial charge in [-0.15, -0.1) is 0 Å². The van der Waals surface area contributed by atoms with Gasteiger partial charge in [-0.3, -0.25) is 24.0 Å². The molecule has 3 N–H and O–H groups in total. The van der Waals surface area contributed by atoms with Crippen LogP contribution in [0.2, 0.25) is 0 Å². The zero-order valence-corrected chi connectivity index (χ0v) is 30.1. The molecule has 0 radical (unpaired) electrons. The minimum atomic E-state index is -1.19. The third-order valence-corrected chi connectivity index (χ3v) is 8.65. The molecule has 10 nitrogen and oxygen atoms in total. The Kier molecular flexibility index (Phi) is 22.5. The quantitative estimate of drug-likeness (QED) is 0.0568. The lowest BCUT2D eigenvalue weighted by atomic mass is 9.86. The molecule has 1 aliphatic rings. The number of esters is 2. The molecule has 47 heavy (non-hydrogen) atoms. The molecule has 1 rings (SSSR count). The SMILES string of the molecule is CCCCCCCCC=CCCCCCCCC(=O)NC1CCCCC1NC(=O)CCNC(=O)C(OC(C)=O)C(C)(C)COC(C)=O. The van der Waals surface area contributed by atoms with Gasteiger partial charge in [0.2, 0.25) is 11.8 Å². The molecule has 3 amide bonds. The van der Waals surface area contributed by atoms with Crippen molar-refractivity contribution in [2.75, 3.05) is 13.2 Å². The van der Waals surface area contributed by atoms with Crippen LogP contribution in [0.1, 0.15) is 157 Å². The van der Waals surface area contributed by atoms with Gasteiger partial charge in [0.05, 0.1) is 0 Å².